The largest absolute Gasteiger partial charge is 0.349 e. The number of nitrogens with one attached hydrogen (secondary N) is 1. The second-order valence-corrected chi connectivity index (χ2v) is 4.23. The van der Waals surface area contributed by atoms with Gasteiger partial charge in [0.2, 0.25) is 0 Å². The van der Waals surface area contributed by atoms with Crippen molar-refractivity contribution in [1.29, 1.82) is 0 Å². The van der Waals surface area contributed by atoms with Crippen LogP contribution in [0, 0.1) is 5.92 Å². The zero-order chi connectivity index (χ0) is 12.7. The van der Waals surface area contributed by atoms with Crippen LogP contribution in [0.25, 0.3) is 0 Å². The lowest BCUT2D eigenvalue weighted by atomic mass is 9.96. The molecule has 1 aromatic rings. The average Bonchev–Trinajstić information content (AvgIpc) is 2.38. The van der Waals surface area contributed by atoms with E-state index in [-0.39, 0.29) is 11.9 Å². The summed E-state index contributed by atoms with van der Waals surface area (Å²) < 4.78 is 0. The Labute approximate surface area is 102 Å². The van der Waals surface area contributed by atoms with Gasteiger partial charge >= 0.3 is 0 Å². The average molecular weight is 233 g/mol. The number of benzene rings is 1. The van der Waals surface area contributed by atoms with E-state index in [0.717, 1.165) is 12.7 Å². The molecular formula is C14H19NO2. The van der Waals surface area contributed by atoms with Gasteiger partial charge in [0.15, 0.2) is 0 Å². The first-order valence-electron chi connectivity index (χ1n) is 5.98. The van der Waals surface area contributed by atoms with Crippen molar-refractivity contribution in [2.24, 2.45) is 5.92 Å². The molecule has 0 heterocycles. The summed E-state index contributed by atoms with van der Waals surface area (Å²) in [5, 5.41) is 2.91. The molecule has 3 heteroatoms. The van der Waals surface area contributed by atoms with Gasteiger partial charge in [-0.2, -0.15) is 0 Å². The molecule has 2 atom stereocenters. The highest BCUT2D eigenvalue weighted by molar-refractivity contribution is 5.94. The van der Waals surface area contributed by atoms with Crippen LogP contribution >= 0.6 is 0 Å². The highest BCUT2D eigenvalue weighted by Crippen LogP contribution is 2.11. The molecule has 17 heavy (non-hydrogen) atoms. The lowest BCUT2D eigenvalue weighted by molar-refractivity contribution is -0.108. The Morgan fingerprint density at radius 1 is 1.35 bits per heavy atom. The van der Waals surface area contributed by atoms with Crippen LogP contribution in [0.3, 0.4) is 0 Å². The molecule has 0 aliphatic carbocycles. The monoisotopic (exact) mass is 233 g/mol. The number of aldehydes is 1. The molecule has 1 aromatic carbocycles. The number of carbonyl (C=O) groups is 2. The molecular weight excluding hydrogens is 214 g/mol. The molecule has 0 aromatic heterocycles. The van der Waals surface area contributed by atoms with E-state index < -0.39 is 0 Å². The van der Waals surface area contributed by atoms with Crippen molar-refractivity contribution in [1.82, 2.24) is 5.32 Å². The molecule has 3 nitrogen and oxygen atoms in total. The van der Waals surface area contributed by atoms with E-state index in [1.54, 1.807) is 12.1 Å². The summed E-state index contributed by atoms with van der Waals surface area (Å²) in [6, 6.07) is 8.98. The molecule has 1 amide bonds. The number of hydrogen-bond donors (Lipinski definition) is 1. The van der Waals surface area contributed by atoms with Gasteiger partial charge in [-0.3, -0.25) is 4.79 Å². The molecule has 0 spiro atoms. The maximum atomic E-state index is 11.9. The second-order valence-electron chi connectivity index (χ2n) is 4.23. The SMILES string of the molecule is CC[C@H](C)[C@@H](CC=O)NC(=O)c1ccccc1. The maximum Gasteiger partial charge on any atom is 0.251 e. The maximum absolute atomic E-state index is 11.9. The molecule has 0 unspecified atom stereocenters. The summed E-state index contributed by atoms with van der Waals surface area (Å²) in [6.45, 7) is 4.09. The summed E-state index contributed by atoms with van der Waals surface area (Å²) in [7, 11) is 0. The van der Waals surface area contributed by atoms with Crippen molar-refractivity contribution in [2.45, 2.75) is 32.7 Å². The molecule has 1 rings (SSSR count). The van der Waals surface area contributed by atoms with Crippen LogP contribution in [0.1, 0.15) is 37.0 Å². The molecule has 0 radical (unpaired) electrons. The van der Waals surface area contributed by atoms with Gasteiger partial charge in [-0.1, -0.05) is 38.5 Å². The molecule has 0 bridgehead atoms. The van der Waals surface area contributed by atoms with Crippen LogP contribution in [-0.2, 0) is 4.79 Å². The Kier molecular flexibility index (Phi) is 5.40. The molecule has 0 fully saturated rings. The van der Waals surface area contributed by atoms with E-state index in [4.69, 9.17) is 0 Å². The minimum absolute atomic E-state index is 0.0785. The van der Waals surface area contributed by atoms with Crippen molar-refractivity contribution >= 4 is 12.2 Å². The van der Waals surface area contributed by atoms with Crippen LogP contribution in [0.5, 0.6) is 0 Å². The van der Waals surface area contributed by atoms with Crippen molar-refractivity contribution in [3.05, 3.63) is 35.9 Å². The van der Waals surface area contributed by atoms with Gasteiger partial charge in [0.25, 0.3) is 5.91 Å². The Hall–Kier alpha value is -1.64. The number of rotatable bonds is 6. The van der Waals surface area contributed by atoms with Crippen molar-refractivity contribution in [2.75, 3.05) is 0 Å². The number of amides is 1. The van der Waals surface area contributed by atoms with E-state index in [1.807, 2.05) is 25.1 Å². The minimum Gasteiger partial charge on any atom is -0.349 e. The fraction of sp³-hybridized carbons (Fsp3) is 0.429. The minimum atomic E-state index is -0.113. The van der Waals surface area contributed by atoms with Crippen LogP contribution < -0.4 is 5.32 Å². The Morgan fingerprint density at radius 3 is 2.53 bits per heavy atom. The summed E-state index contributed by atoms with van der Waals surface area (Å²) >= 11 is 0. The smallest absolute Gasteiger partial charge is 0.251 e. The highest BCUT2D eigenvalue weighted by Gasteiger charge is 2.18. The standard InChI is InChI=1S/C14H19NO2/c1-3-11(2)13(9-10-16)15-14(17)12-7-5-4-6-8-12/h4-8,10-11,13H,3,9H2,1-2H3,(H,15,17)/t11-,13+/m0/s1. The molecule has 0 aliphatic heterocycles. The van der Waals surface area contributed by atoms with Crippen molar-refractivity contribution < 1.29 is 9.59 Å². The number of hydrogen-bond acceptors (Lipinski definition) is 2. The van der Waals surface area contributed by atoms with Crippen LogP contribution in [0.2, 0.25) is 0 Å². The van der Waals surface area contributed by atoms with E-state index >= 15 is 0 Å². The van der Waals surface area contributed by atoms with Gasteiger partial charge in [0.05, 0.1) is 0 Å². The molecule has 1 N–H and O–H groups in total. The fourth-order valence-corrected chi connectivity index (χ4v) is 1.66. The normalized spacial score (nSPS) is 13.8. The molecule has 0 saturated carbocycles. The van der Waals surface area contributed by atoms with Gasteiger partial charge in [-0.25, -0.2) is 0 Å². The van der Waals surface area contributed by atoms with Crippen LogP contribution in [0.15, 0.2) is 30.3 Å². The van der Waals surface area contributed by atoms with Gasteiger partial charge < -0.3 is 10.1 Å². The van der Waals surface area contributed by atoms with Crippen LogP contribution in [0.4, 0.5) is 0 Å². The number of carbonyl (C=O) groups excluding carboxylic acids is 2. The third-order valence-corrected chi connectivity index (χ3v) is 3.03. The summed E-state index contributed by atoms with van der Waals surface area (Å²) in [4.78, 5) is 22.5. The predicted octanol–water partition coefficient (Wildman–Crippen LogP) is 2.42. The molecule has 0 saturated heterocycles. The quantitative estimate of drug-likeness (QED) is 0.767. The van der Waals surface area contributed by atoms with Crippen LogP contribution in [-0.4, -0.2) is 18.2 Å². The van der Waals surface area contributed by atoms with Crippen molar-refractivity contribution in [3.63, 3.8) is 0 Å². The Morgan fingerprint density at radius 2 is 2.00 bits per heavy atom. The highest BCUT2D eigenvalue weighted by atomic mass is 16.1. The van der Waals surface area contributed by atoms with E-state index in [2.05, 4.69) is 12.2 Å². The third kappa shape index (κ3) is 4.02. The summed E-state index contributed by atoms with van der Waals surface area (Å²) in [6.07, 6.45) is 2.17. The summed E-state index contributed by atoms with van der Waals surface area (Å²) in [5.74, 6) is 0.186. The van der Waals surface area contributed by atoms with Gasteiger partial charge in [0, 0.05) is 18.0 Å². The fourth-order valence-electron chi connectivity index (χ4n) is 1.66. The van der Waals surface area contributed by atoms with Gasteiger partial charge in [-0.05, 0) is 18.1 Å². The van der Waals surface area contributed by atoms with Gasteiger partial charge in [0.1, 0.15) is 6.29 Å². The first kappa shape index (κ1) is 13.4. The Bertz CT molecular complexity index is 362. The zero-order valence-electron chi connectivity index (χ0n) is 10.3. The van der Waals surface area contributed by atoms with E-state index in [9.17, 15) is 9.59 Å². The molecule has 92 valence electrons. The zero-order valence-corrected chi connectivity index (χ0v) is 10.3. The molecule has 0 aliphatic rings. The Balaban J connectivity index is 2.67. The first-order valence-corrected chi connectivity index (χ1v) is 5.98. The van der Waals surface area contributed by atoms with E-state index in [1.165, 1.54) is 0 Å². The van der Waals surface area contributed by atoms with Crippen molar-refractivity contribution in [3.8, 4) is 0 Å². The third-order valence-electron chi connectivity index (χ3n) is 3.03. The second kappa shape index (κ2) is 6.84. The first-order chi connectivity index (χ1) is 8.19. The lowest BCUT2D eigenvalue weighted by Crippen LogP contribution is -2.39. The predicted molar refractivity (Wildman–Crippen MR) is 67.8 cm³/mol. The van der Waals surface area contributed by atoms with Gasteiger partial charge in [-0.15, -0.1) is 0 Å². The summed E-state index contributed by atoms with van der Waals surface area (Å²) in [5.41, 5.74) is 0.631. The lowest BCUT2D eigenvalue weighted by Gasteiger charge is -2.22. The topological polar surface area (TPSA) is 46.2 Å². The van der Waals surface area contributed by atoms with E-state index in [0.29, 0.717) is 17.9 Å².